The maximum absolute atomic E-state index is 13.0. The highest BCUT2D eigenvalue weighted by molar-refractivity contribution is 5.76. The molecule has 0 radical (unpaired) electrons. The first-order chi connectivity index (χ1) is 8.78. The van der Waals surface area contributed by atoms with Gasteiger partial charge in [-0.3, -0.25) is 4.68 Å². The standard InChI is InChI=1S/C15H20FN3/c1-15(2,3)9-12-13(14(17)19(4)18-12)10-5-7-11(16)8-6-10/h5-8H,9,17H2,1-4H3. The molecule has 0 aliphatic rings. The van der Waals surface area contributed by atoms with Crippen molar-refractivity contribution in [3.63, 3.8) is 0 Å². The Morgan fingerprint density at radius 2 is 1.79 bits per heavy atom. The number of hydrogen-bond acceptors (Lipinski definition) is 2. The zero-order chi connectivity index (χ0) is 14.2. The second kappa shape index (κ2) is 4.68. The molecule has 19 heavy (non-hydrogen) atoms. The molecule has 0 unspecified atom stereocenters. The molecule has 102 valence electrons. The van der Waals surface area contributed by atoms with Crippen LogP contribution in [0.2, 0.25) is 0 Å². The van der Waals surface area contributed by atoms with Gasteiger partial charge < -0.3 is 5.73 Å². The Morgan fingerprint density at radius 3 is 2.32 bits per heavy atom. The molecule has 0 bridgehead atoms. The summed E-state index contributed by atoms with van der Waals surface area (Å²) in [6.45, 7) is 6.48. The molecule has 1 aromatic heterocycles. The molecule has 1 heterocycles. The number of aromatic nitrogens is 2. The van der Waals surface area contributed by atoms with Gasteiger partial charge in [0.15, 0.2) is 0 Å². The first kappa shape index (κ1) is 13.6. The van der Waals surface area contributed by atoms with Gasteiger partial charge in [0.1, 0.15) is 11.6 Å². The third kappa shape index (κ3) is 2.95. The number of hydrogen-bond donors (Lipinski definition) is 1. The number of nitrogens with two attached hydrogens (primary N) is 1. The summed E-state index contributed by atoms with van der Waals surface area (Å²) in [6, 6.07) is 6.38. The van der Waals surface area contributed by atoms with Gasteiger partial charge in [-0.1, -0.05) is 32.9 Å². The zero-order valence-electron chi connectivity index (χ0n) is 11.9. The van der Waals surface area contributed by atoms with E-state index >= 15 is 0 Å². The third-order valence-corrected chi connectivity index (χ3v) is 2.99. The molecule has 0 saturated carbocycles. The highest BCUT2D eigenvalue weighted by Crippen LogP contribution is 2.33. The smallest absolute Gasteiger partial charge is 0.129 e. The summed E-state index contributed by atoms with van der Waals surface area (Å²) in [6.07, 6.45) is 0.824. The maximum atomic E-state index is 13.0. The predicted octanol–water partition coefficient (Wildman–Crippen LogP) is 3.40. The normalized spacial score (nSPS) is 11.8. The Labute approximate surface area is 113 Å². The van der Waals surface area contributed by atoms with Crippen LogP contribution in [0.25, 0.3) is 11.1 Å². The number of aryl methyl sites for hydroxylation is 1. The zero-order valence-corrected chi connectivity index (χ0v) is 11.9. The van der Waals surface area contributed by atoms with E-state index in [2.05, 4.69) is 25.9 Å². The van der Waals surface area contributed by atoms with Gasteiger partial charge in [-0.25, -0.2) is 4.39 Å². The van der Waals surface area contributed by atoms with Gasteiger partial charge >= 0.3 is 0 Å². The van der Waals surface area contributed by atoms with E-state index in [4.69, 9.17) is 5.73 Å². The number of nitrogens with zero attached hydrogens (tertiary/aromatic N) is 2. The SMILES string of the molecule is Cn1nc(CC(C)(C)C)c(-c2ccc(F)cc2)c1N. The number of nitrogen functional groups attached to an aromatic ring is 1. The van der Waals surface area contributed by atoms with Crippen LogP contribution in [0, 0.1) is 11.2 Å². The van der Waals surface area contributed by atoms with E-state index in [1.54, 1.807) is 16.8 Å². The summed E-state index contributed by atoms with van der Waals surface area (Å²) in [5, 5.41) is 4.49. The molecule has 0 amide bonds. The molecular formula is C15H20FN3. The van der Waals surface area contributed by atoms with Crippen molar-refractivity contribution in [1.82, 2.24) is 9.78 Å². The minimum Gasteiger partial charge on any atom is -0.383 e. The fourth-order valence-corrected chi connectivity index (χ4v) is 2.15. The van der Waals surface area contributed by atoms with Crippen molar-refractivity contribution in [3.8, 4) is 11.1 Å². The van der Waals surface area contributed by atoms with Crippen LogP contribution in [0.3, 0.4) is 0 Å². The minimum absolute atomic E-state index is 0.121. The Bertz CT molecular complexity index is 577. The first-order valence-corrected chi connectivity index (χ1v) is 6.35. The molecule has 2 N–H and O–H groups in total. The third-order valence-electron chi connectivity index (χ3n) is 2.99. The molecule has 0 aliphatic heterocycles. The highest BCUT2D eigenvalue weighted by atomic mass is 19.1. The number of benzene rings is 1. The van der Waals surface area contributed by atoms with E-state index in [-0.39, 0.29) is 11.2 Å². The van der Waals surface area contributed by atoms with Gasteiger partial charge in [0.05, 0.1) is 5.69 Å². The molecule has 1 aromatic carbocycles. The van der Waals surface area contributed by atoms with Crippen LogP contribution < -0.4 is 5.73 Å². The van der Waals surface area contributed by atoms with Gasteiger partial charge in [0.2, 0.25) is 0 Å². The maximum Gasteiger partial charge on any atom is 0.129 e. The second-order valence-corrected chi connectivity index (χ2v) is 6.07. The van der Waals surface area contributed by atoms with Crippen LogP contribution in [0.4, 0.5) is 10.2 Å². The van der Waals surface area contributed by atoms with E-state index in [0.717, 1.165) is 23.2 Å². The summed E-state index contributed by atoms with van der Waals surface area (Å²) in [4.78, 5) is 0. The molecule has 0 spiro atoms. The molecule has 2 aromatic rings. The fourth-order valence-electron chi connectivity index (χ4n) is 2.15. The summed E-state index contributed by atoms with van der Waals surface area (Å²) < 4.78 is 14.7. The summed E-state index contributed by atoms with van der Waals surface area (Å²) >= 11 is 0. The minimum atomic E-state index is -0.247. The molecule has 2 rings (SSSR count). The molecular weight excluding hydrogens is 241 g/mol. The van der Waals surface area contributed by atoms with Gasteiger partial charge in [0.25, 0.3) is 0 Å². The topological polar surface area (TPSA) is 43.8 Å². The van der Waals surface area contributed by atoms with Crippen molar-refractivity contribution in [3.05, 3.63) is 35.8 Å². The Balaban J connectivity index is 2.52. The van der Waals surface area contributed by atoms with Gasteiger partial charge in [-0.15, -0.1) is 0 Å². The lowest BCUT2D eigenvalue weighted by atomic mass is 9.88. The van der Waals surface area contributed by atoms with Crippen LogP contribution in [0.15, 0.2) is 24.3 Å². The summed E-state index contributed by atoms with van der Waals surface area (Å²) in [7, 11) is 1.83. The van der Waals surface area contributed by atoms with Gasteiger partial charge in [-0.05, 0) is 29.5 Å². The average molecular weight is 261 g/mol. The van der Waals surface area contributed by atoms with Gasteiger partial charge in [-0.2, -0.15) is 5.10 Å². The van der Waals surface area contributed by atoms with E-state index in [1.165, 1.54) is 12.1 Å². The van der Waals surface area contributed by atoms with Crippen LogP contribution in [-0.4, -0.2) is 9.78 Å². The Kier molecular flexibility index (Phi) is 3.35. The lowest BCUT2D eigenvalue weighted by Crippen LogP contribution is -2.10. The summed E-state index contributed by atoms with van der Waals surface area (Å²) in [5.74, 6) is 0.370. The quantitative estimate of drug-likeness (QED) is 0.900. The van der Waals surface area contributed by atoms with Crippen molar-refractivity contribution in [1.29, 1.82) is 0 Å². The molecule has 3 nitrogen and oxygen atoms in total. The molecule has 4 heteroatoms. The van der Waals surface area contributed by atoms with Crippen LogP contribution in [-0.2, 0) is 13.5 Å². The monoisotopic (exact) mass is 261 g/mol. The first-order valence-electron chi connectivity index (χ1n) is 6.35. The summed E-state index contributed by atoms with van der Waals surface area (Å²) in [5.41, 5.74) is 9.00. The Hall–Kier alpha value is -1.84. The van der Waals surface area contributed by atoms with E-state index < -0.39 is 0 Å². The van der Waals surface area contributed by atoms with Gasteiger partial charge in [0, 0.05) is 12.6 Å². The van der Waals surface area contributed by atoms with E-state index in [1.807, 2.05) is 7.05 Å². The lowest BCUT2D eigenvalue weighted by molar-refractivity contribution is 0.405. The average Bonchev–Trinajstić information content (AvgIpc) is 2.54. The molecule has 0 atom stereocenters. The number of rotatable bonds is 2. The van der Waals surface area contributed by atoms with Crippen molar-refractivity contribution in [2.45, 2.75) is 27.2 Å². The number of halogens is 1. The number of anilines is 1. The van der Waals surface area contributed by atoms with Crippen molar-refractivity contribution in [2.24, 2.45) is 12.5 Å². The predicted molar refractivity (Wildman–Crippen MR) is 76.2 cm³/mol. The van der Waals surface area contributed by atoms with Crippen molar-refractivity contribution < 1.29 is 4.39 Å². The van der Waals surface area contributed by atoms with E-state index in [0.29, 0.717) is 5.82 Å². The Morgan fingerprint density at radius 1 is 1.21 bits per heavy atom. The van der Waals surface area contributed by atoms with Crippen LogP contribution in [0.1, 0.15) is 26.5 Å². The largest absolute Gasteiger partial charge is 0.383 e. The fraction of sp³-hybridized carbons (Fsp3) is 0.400. The van der Waals surface area contributed by atoms with E-state index in [9.17, 15) is 4.39 Å². The van der Waals surface area contributed by atoms with Crippen molar-refractivity contribution in [2.75, 3.05) is 5.73 Å². The second-order valence-electron chi connectivity index (χ2n) is 6.07. The lowest BCUT2D eigenvalue weighted by Gasteiger charge is -2.17. The van der Waals surface area contributed by atoms with Crippen LogP contribution >= 0.6 is 0 Å². The van der Waals surface area contributed by atoms with Crippen molar-refractivity contribution >= 4 is 5.82 Å². The van der Waals surface area contributed by atoms with Crippen LogP contribution in [0.5, 0.6) is 0 Å². The molecule has 0 aliphatic carbocycles. The highest BCUT2D eigenvalue weighted by Gasteiger charge is 2.21. The molecule has 0 fully saturated rings. The molecule has 0 saturated heterocycles.